The Morgan fingerprint density at radius 1 is 1.35 bits per heavy atom. The number of nitrogens with one attached hydrogen (secondary N) is 1. The monoisotopic (exact) mass is 296 g/mol. The molecule has 1 aromatic carbocycles. The molecule has 20 heavy (non-hydrogen) atoms. The van der Waals surface area contributed by atoms with Gasteiger partial charge in [-0.3, -0.25) is 0 Å². The maximum atomic E-state index is 11.6. The van der Waals surface area contributed by atoms with Crippen LogP contribution < -0.4 is 5.32 Å². The minimum absolute atomic E-state index is 0.126. The van der Waals surface area contributed by atoms with Crippen molar-refractivity contribution in [1.82, 2.24) is 4.98 Å². The Bertz CT molecular complexity index is 692. The van der Waals surface area contributed by atoms with Gasteiger partial charge in [-0.15, -0.1) is 0 Å². The summed E-state index contributed by atoms with van der Waals surface area (Å²) in [6, 6.07) is 5.47. The van der Waals surface area contributed by atoms with Crippen molar-refractivity contribution in [1.29, 1.82) is 0 Å². The summed E-state index contributed by atoms with van der Waals surface area (Å²) in [4.78, 5) is 4.36. The molecule has 1 heterocycles. The Morgan fingerprint density at radius 2 is 2.10 bits per heavy atom. The van der Waals surface area contributed by atoms with Crippen LogP contribution in [0, 0.1) is 0 Å². The summed E-state index contributed by atoms with van der Waals surface area (Å²) in [5, 5.41) is 3.19. The van der Waals surface area contributed by atoms with E-state index in [1.54, 1.807) is 6.92 Å². The lowest BCUT2D eigenvalue weighted by Crippen LogP contribution is -2.26. The molecule has 1 aromatic heterocycles. The first-order valence-corrected chi connectivity index (χ1v) is 8.62. The number of rotatable bonds is 6. The van der Waals surface area contributed by atoms with Gasteiger partial charge in [0.05, 0.1) is 5.75 Å². The number of benzene rings is 1. The van der Waals surface area contributed by atoms with Gasteiger partial charge in [0.2, 0.25) is 0 Å². The van der Waals surface area contributed by atoms with Crippen molar-refractivity contribution in [3.05, 3.63) is 24.1 Å². The van der Waals surface area contributed by atoms with E-state index in [1.807, 2.05) is 32.0 Å². The Morgan fingerprint density at radius 3 is 2.75 bits per heavy atom. The largest absolute Gasteiger partial charge is 0.441 e. The van der Waals surface area contributed by atoms with E-state index in [4.69, 9.17) is 4.42 Å². The van der Waals surface area contributed by atoms with Crippen molar-refractivity contribution >= 4 is 26.6 Å². The van der Waals surface area contributed by atoms with Crippen LogP contribution in [0.1, 0.15) is 26.7 Å². The second-order valence-electron chi connectivity index (χ2n) is 4.89. The van der Waals surface area contributed by atoms with Gasteiger partial charge >= 0.3 is 0 Å². The van der Waals surface area contributed by atoms with Gasteiger partial charge in [0.1, 0.15) is 5.52 Å². The molecule has 0 aliphatic heterocycles. The fourth-order valence-electron chi connectivity index (χ4n) is 2.04. The van der Waals surface area contributed by atoms with Gasteiger partial charge in [0.15, 0.2) is 21.3 Å². The number of anilines is 1. The van der Waals surface area contributed by atoms with Crippen molar-refractivity contribution in [2.75, 3.05) is 16.8 Å². The molecule has 2 rings (SSSR count). The van der Waals surface area contributed by atoms with Crippen LogP contribution in [0.4, 0.5) is 5.69 Å². The Balaban J connectivity index is 2.13. The molecule has 0 spiro atoms. The molecule has 1 unspecified atom stereocenters. The maximum Gasteiger partial charge on any atom is 0.195 e. The molecule has 2 aromatic rings. The Kier molecular flexibility index (Phi) is 4.32. The van der Waals surface area contributed by atoms with Gasteiger partial charge < -0.3 is 9.73 Å². The topological polar surface area (TPSA) is 72.2 Å². The fourth-order valence-corrected chi connectivity index (χ4v) is 3.12. The molecule has 0 aliphatic carbocycles. The first kappa shape index (κ1) is 14.8. The number of oxazole rings is 1. The molecule has 0 saturated carbocycles. The van der Waals surface area contributed by atoms with E-state index in [-0.39, 0.29) is 17.5 Å². The molecule has 0 amide bonds. The normalized spacial score (nSPS) is 13.6. The summed E-state index contributed by atoms with van der Waals surface area (Å²) in [6.07, 6.45) is 0.753. The van der Waals surface area contributed by atoms with E-state index >= 15 is 0 Å². The number of aryl methyl sites for hydroxylation is 1. The third-order valence-electron chi connectivity index (χ3n) is 3.09. The molecule has 110 valence electrons. The number of nitrogens with zero attached hydrogens (tertiary/aromatic N) is 1. The summed E-state index contributed by atoms with van der Waals surface area (Å²) < 4.78 is 28.7. The molecule has 0 radical (unpaired) electrons. The summed E-state index contributed by atoms with van der Waals surface area (Å²) in [6.45, 7) is 5.51. The Hall–Kier alpha value is -1.56. The highest BCUT2D eigenvalue weighted by Crippen LogP contribution is 2.21. The van der Waals surface area contributed by atoms with Crippen LogP contribution in [-0.2, 0) is 16.3 Å². The molecule has 0 bridgehead atoms. The van der Waals surface area contributed by atoms with Gasteiger partial charge in [0.25, 0.3) is 0 Å². The van der Waals surface area contributed by atoms with Crippen molar-refractivity contribution in [3.63, 3.8) is 0 Å². The average Bonchev–Trinajstić information content (AvgIpc) is 2.80. The van der Waals surface area contributed by atoms with Gasteiger partial charge in [0, 0.05) is 23.9 Å². The zero-order valence-electron chi connectivity index (χ0n) is 12.0. The summed E-state index contributed by atoms with van der Waals surface area (Å²) >= 11 is 0. The summed E-state index contributed by atoms with van der Waals surface area (Å²) in [5.74, 6) is 1.00. The predicted molar refractivity (Wildman–Crippen MR) is 80.8 cm³/mol. The van der Waals surface area contributed by atoms with Crippen molar-refractivity contribution < 1.29 is 12.8 Å². The highest BCUT2D eigenvalue weighted by molar-refractivity contribution is 7.91. The highest BCUT2D eigenvalue weighted by Gasteiger charge is 2.14. The number of hydrogen-bond acceptors (Lipinski definition) is 5. The van der Waals surface area contributed by atoms with E-state index in [9.17, 15) is 8.42 Å². The van der Waals surface area contributed by atoms with Crippen molar-refractivity contribution in [2.24, 2.45) is 0 Å². The van der Waals surface area contributed by atoms with E-state index in [1.165, 1.54) is 0 Å². The molecular weight excluding hydrogens is 276 g/mol. The number of hydrogen-bond donors (Lipinski definition) is 1. The van der Waals surface area contributed by atoms with E-state index in [0.717, 1.165) is 23.2 Å². The molecular formula is C14H20N2O3S. The zero-order chi connectivity index (χ0) is 14.8. The second-order valence-corrected chi connectivity index (χ2v) is 7.29. The van der Waals surface area contributed by atoms with Gasteiger partial charge in [-0.05, 0) is 25.1 Å². The van der Waals surface area contributed by atoms with Gasteiger partial charge in [-0.1, -0.05) is 13.8 Å². The van der Waals surface area contributed by atoms with E-state index in [2.05, 4.69) is 10.3 Å². The lowest BCUT2D eigenvalue weighted by Gasteiger charge is -2.14. The molecule has 0 aliphatic rings. The first-order valence-electron chi connectivity index (χ1n) is 6.80. The van der Waals surface area contributed by atoms with Crippen molar-refractivity contribution in [3.8, 4) is 0 Å². The molecule has 1 atom stereocenters. The van der Waals surface area contributed by atoms with E-state index < -0.39 is 9.84 Å². The molecule has 6 heteroatoms. The SMILES string of the molecule is CCc1nc2cc(NC(C)CS(=O)(=O)CC)ccc2o1. The van der Waals surface area contributed by atoms with Gasteiger partial charge in [-0.25, -0.2) is 13.4 Å². The second kappa shape index (κ2) is 5.83. The lowest BCUT2D eigenvalue weighted by atomic mass is 10.2. The van der Waals surface area contributed by atoms with Crippen LogP contribution >= 0.6 is 0 Å². The molecule has 0 saturated heterocycles. The predicted octanol–water partition coefficient (Wildman–Crippen LogP) is 2.63. The lowest BCUT2D eigenvalue weighted by molar-refractivity contribution is 0.538. The van der Waals surface area contributed by atoms with Crippen LogP contribution in [0.2, 0.25) is 0 Å². The maximum absolute atomic E-state index is 11.6. The standard InChI is InChI=1S/C14H20N2O3S/c1-4-14-16-12-8-11(6-7-13(12)19-14)15-10(3)9-20(17,18)5-2/h6-8,10,15H,4-5,9H2,1-3H3. The number of fused-ring (bicyclic) bond motifs is 1. The van der Waals surface area contributed by atoms with Gasteiger partial charge in [-0.2, -0.15) is 0 Å². The van der Waals surface area contributed by atoms with E-state index in [0.29, 0.717) is 5.89 Å². The Labute approximate surface area is 119 Å². The third kappa shape index (κ3) is 3.50. The molecule has 0 fully saturated rings. The average molecular weight is 296 g/mol. The fraction of sp³-hybridized carbons (Fsp3) is 0.500. The smallest absolute Gasteiger partial charge is 0.195 e. The number of sulfone groups is 1. The summed E-state index contributed by atoms with van der Waals surface area (Å²) in [7, 11) is -2.98. The first-order chi connectivity index (χ1) is 9.43. The minimum atomic E-state index is -2.98. The molecule has 5 nitrogen and oxygen atoms in total. The third-order valence-corrected chi connectivity index (χ3v) is 4.98. The van der Waals surface area contributed by atoms with Crippen LogP contribution in [0.3, 0.4) is 0 Å². The highest BCUT2D eigenvalue weighted by atomic mass is 32.2. The number of aromatic nitrogens is 1. The molecule has 1 N–H and O–H groups in total. The van der Waals surface area contributed by atoms with Crippen LogP contribution in [0.5, 0.6) is 0 Å². The van der Waals surface area contributed by atoms with Crippen molar-refractivity contribution in [2.45, 2.75) is 33.2 Å². The summed E-state index contributed by atoms with van der Waals surface area (Å²) in [5.41, 5.74) is 2.39. The quantitative estimate of drug-likeness (QED) is 0.887. The van der Waals surface area contributed by atoms with Crippen LogP contribution in [0.25, 0.3) is 11.1 Å². The minimum Gasteiger partial charge on any atom is -0.441 e. The zero-order valence-corrected chi connectivity index (χ0v) is 12.8. The van der Waals surface area contributed by atoms with Crippen LogP contribution in [-0.4, -0.2) is 30.9 Å². The van der Waals surface area contributed by atoms with Crippen LogP contribution in [0.15, 0.2) is 22.6 Å².